The van der Waals surface area contributed by atoms with Crippen LogP contribution >= 0.6 is 11.3 Å². The molecular formula is C20H24N6O2S. The number of pyridine rings is 1. The van der Waals surface area contributed by atoms with Crippen LogP contribution in [0.4, 0.5) is 11.6 Å². The summed E-state index contributed by atoms with van der Waals surface area (Å²) < 4.78 is 0. The number of thiophene rings is 1. The van der Waals surface area contributed by atoms with Crippen molar-refractivity contribution in [2.24, 2.45) is 0 Å². The second kappa shape index (κ2) is 8.87. The molecule has 3 heterocycles. The normalized spacial score (nSPS) is 10.7. The van der Waals surface area contributed by atoms with Gasteiger partial charge in [0, 0.05) is 41.8 Å². The Morgan fingerprint density at radius 2 is 2.10 bits per heavy atom. The van der Waals surface area contributed by atoms with Crippen molar-refractivity contribution in [1.82, 2.24) is 20.3 Å². The topological polar surface area (TPSA) is 126 Å². The number of nitrogens with zero attached hydrogens (tertiary/aromatic N) is 2. The molecule has 0 saturated carbocycles. The highest BCUT2D eigenvalue weighted by Gasteiger charge is 2.15. The first-order valence-corrected chi connectivity index (χ1v) is 10.1. The molecule has 3 aromatic rings. The van der Waals surface area contributed by atoms with Crippen molar-refractivity contribution in [1.29, 1.82) is 0 Å². The van der Waals surface area contributed by atoms with Crippen LogP contribution in [0.2, 0.25) is 0 Å². The molecule has 0 radical (unpaired) electrons. The number of rotatable bonds is 7. The molecular weight excluding hydrogens is 388 g/mol. The minimum absolute atomic E-state index is 0.127. The van der Waals surface area contributed by atoms with E-state index in [0.29, 0.717) is 35.9 Å². The standard InChI is InChI=1S/C20H24N6O2S/c1-11-14(10-23-13(3)27)9-16(18(21)24-11)17-12(2)25-20(28)19(26-17)22-7-6-15-5-4-8-29-15/h4-5,8-9H,6-7,10H2,1-3H3,(H2,21,24)(H,22,26)(H,23,27)(H,25,28). The Balaban J connectivity index is 1.90. The number of nitrogens with one attached hydrogen (secondary N) is 3. The molecule has 0 aromatic carbocycles. The van der Waals surface area contributed by atoms with Crippen molar-refractivity contribution in [2.75, 3.05) is 17.6 Å². The quantitative estimate of drug-likeness (QED) is 0.472. The van der Waals surface area contributed by atoms with Crippen LogP contribution in [0, 0.1) is 13.8 Å². The van der Waals surface area contributed by atoms with Crippen LogP contribution in [0.25, 0.3) is 11.3 Å². The maximum absolute atomic E-state index is 12.3. The van der Waals surface area contributed by atoms with Crippen LogP contribution in [0.5, 0.6) is 0 Å². The summed E-state index contributed by atoms with van der Waals surface area (Å²) in [6.07, 6.45) is 0.803. The first-order valence-electron chi connectivity index (χ1n) is 9.23. The molecule has 0 fully saturated rings. The second-order valence-corrected chi connectivity index (χ2v) is 7.75. The Hall–Kier alpha value is -3.20. The van der Waals surface area contributed by atoms with Crippen molar-refractivity contribution >= 4 is 28.9 Å². The van der Waals surface area contributed by atoms with Crippen molar-refractivity contribution in [3.8, 4) is 11.3 Å². The van der Waals surface area contributed by atoms with Crippen LogP contribution in [-0.4, -0.2) is 27.4 Å². The van der Waals surface area contributed by atoms with E-state index in [1.165, 1.54) is 11.8 Å². The zero-order valence-corrected chi connectivity index (χ0v) is 17.4. The fourth-order valence-electron chi connectivity index (χ4n) is 2.93. The molecule has 0 aliphatic carbocycles. The van der Waals surface area contributed by atoms with E-state index in [1.54, 1.807) is 18.3 Å². The maximum Gasteiger partial charge on any atom is 0.290 e. The van der Waals surface area contributed by atoms with Crippen LogP contribution in [0.3, 0.4) is 0 Å². The average molecular weight is 413 g/mol. The Bertz CT molecular complexity index is 1080. The molecule has 0 bridgehead atoms. The molecule has 0 spiro atoms. The predicted octanol–water partition coefficient (Wildman–Crippen LogP) is 2.38. The number of H-pyrrole nitrogens is 1. The van der Waals surface area contributed by atoms with Gasteiger partial charge in [0.1, 0.15) is 5.82 Å². The SMILES string of the molecule is CC(=O)NCc1cc(-c2nc(NCCc3cccs3)c(=O)[nH]c2C)c(N)nc1C. The summed E-state index contributed by atoms with van der Waals surface area (Å²) in [7, 11) is 0. The summed E-state index contributed by atoms with van der Waals surface area (Å²) in [6, 6.07) is 5.91. The summed E-state index contributed by atoms with van der Waals surface area (Å²) >= 11 is 1.68. The van der Waals surface area contributed by atoms with Gasteiger partial charge in [-0.25, -0.2) is 9.97 Å². The monoisotopic (exact) mass is 412 g/mol. The molecule has 0 aliphatic rings. The van der Waals surface area contributed by atoms with Gasteiger partial charge in [0.15, 0.2) is 5.82 Å². The molecule has 3 aromatic heterocycles. The van der Waals surface area contributed by atoms with Gasteiger partial charge in [-0.3, -0.25) is 9.59 Å². The minimum atomic E-state index is -0.283. The Kier molecular flexibility index (Phi) is 6.28. The molecule has 152 valence electrons. The van der Waals surface area contributed by atoms with Gasteiger partial charge in [0.2, 0.25) is 5.91 Å². The van der Waals surface area contributed by atoms with E-state index < -0.39 is 0 Å². The molecule has 8 nitrogen and oxygen atoms in total. The Morgan fingerprint density at radius 1 is 1.31 bits per heavy atom. The number of aryl methyl sites for hydroxylation is 2. The van der Waals surface area contributed by atoms with Crippen molar-refractivity contribution < 1.29 is 4.79 Å². The van der Waals surface area contributed by atoms with Gasteiger partial charge in [-0.15, -0.1) is 11.3 Å². The highest BCUT2D eigenvalue weighted by Crippen LogP contribution is 2.27. The zero-order chi connectivity index (χ0) is 21.0. The van der Waals surface area contributed by atoms with E-state index in [-0.39, 0.29) is 17.3 Å². The van der Waals surface area contributed by atoms with Gasteiger partial charge in [0.25, 0.3) is 5.56 Å². The molecule has 0 unspecified atom stereocenters. The lowest BCUT2D eigenvalue weighted by Gasteiger charge is -2.14. The number of nitrogen functional groups attached to an aromatic ring is 1. The fourth-order valence-corrected chi connectivity index (χ4v) is 3.64. The van der Waals surface area contributed by atoms with E-state index in [2.05, 4.69) is 31.7 Å². The summed E-state index contributed by atoms with van der Waals surface area (Å²) in [6.45, 7) is 6.00. The van der Waals surface area contributed by atoms with Crippen LogP contribution in [-0.2, 0) is 17.8 Å². The molecule has 0 aliphatic heterocycles. The second-order valence-electron chi connectivity index (χ2n) is 6.72. The fraction of sp³-hybridized carbons (Fsp3) is 0.300. The van der Waals surface area contributed by atoms with E-state index in [1.807, 2.05) is 24.4 Å². The lowest BCUT2D eigenvalue weighted by Crippen LogP contribution is -2.21. The first-order chi connectivity index (χ1) is 13.8. The smallest absolute Gasteiger partial charge is 0.290 e. The van der Waals surface area contributed by atoms with E-state index in [4.69, 9.17) is 5.73 Å². The maximum atomic E-state index is 12.3. The number of amides is 1. The lowest BCUT2D eigenvalue weighted by atomic mass is 10.1. The van der Waals surface area contributed by atoms with Gasteiger partial charge in [0.05, 0.1) is 5.69 Å². The van der Waals surface area contributed by atoms with Crippen LogP contribution in [0.1, 0.15) is 28.8 Å². The lowest BCUT2D eigenvalue weighted by molar-refractivity contribution is -0.119. The number of carbonyl (C=O) groups is 1. The molecule has 1 amide bonds. The van der Waals surface area contributed by atoms with Crippen molar-refractivity contribution in [3.63, 3.8) is 0 Å². The minimum Gasteiger partial charge on any atom is -0.383 e. The van der Waals surface area contributed by atoms with E-state index >= 15 is 0 Å². The molecule has 0 atom stereocenters. The number of hydrogen-bond donors (Lipinski definition) is 4. The van der Waals surface area contributed by atoms with Gasteiger partial charge in [-0.05, 0) is 43.3 Å². The summed E-state index contributed by atoms with van der Waals surface area (Å²) in [5, 5.41) is 7.90. The highest BCUT2D eigenvalue weighted by atomic mass is 32.1. The molecule has 5 N–H and O–H groups in total. The van der Waals surface area contributed by atoms with Crippen LogP contribution < -0.4 is 21.9 Å². The average Bonchev–Trinajstić information content (AvgIpc) is 3.16. The van der Waals surface area contributed by atoms with E-state index in [9.17, 15) is 9.59 Å². The number of hydrogen-bond acceptors (Lipinski definition) is 7. The molecule has 3 rings (SSSR count). The van der Waals surface area contributed by atoms with Crippen molar-refractivity contribution in [2.45, 2.75) is 33.7 Å². The molecule has 9 heteroatoms. The van der Waals surface area contributed by atoms with Gasteiger partial charge in [-0.1, -0.05) is 6.07 Å². The predicted molar refractivity (Wildman–Crippen MR) is 116 cm³/mol. The number of aromatic amines is 1. The van der Waals surface area contributed by atoms with E-state index in [0.717, 1.165) is 17.7 Å². The summed E-state index contributed by atoms with van der Waals surface area (Å²) in [4.78, 5) is 36.6. The third kappa shape index (κ3) is 5.00. The number of aromatic nitrogens is 3. The first kappa shape index (κ1) is 20.5. The zero-order valence-electron chi connectivity index (χ0n) is 16.6. The van der Waals surface area contributed by atoms with Crippen molar-refractivity contribution in [3.05, 3.63) is 55.8 Å². The Labute approximate surface area is 172 Å². The third-order valence-electron chi connectivity index (χ3n) is 4.47. The van der Waals surface area contributed by atoms with Gasteiger partial charge < -0.3 is 21.4 Å². The highest BCUT2D eigenvalue weighted by molar-refractivity contribution is 7.09. The number of anilines is 2. The third-order valence-corrected chi connectivity index (χ3v) is 5.41. The van der Waals surface area contributed by atoms with Gasteiger partial charge >= 0.3 is 0 Å². The number of nitrogens with two attached hydrogens (primary N) is 1. The Morgan fingerprint density at radius 3 is 2.79 bits per heavy atom. The molecule has 29 heavy (non-hydrogen) atoms. The van der Waals surface area contributed by atoms with Crippen LogP contribution in [0.15, 0.2) is 28.4 Å². The molecule has 0 saturated heterocycles. The largest absolute Gasteiger partial charge is 0.383 e. The van der Waals surface area contributed by atoms with Gasteiger partial charge in [-0.2, -0.15) is 0 Å². The summed E-state index contributed by atoms with van der Waals surface area (Å²) in [5.41, 5.74) is 9.21. The number of carbonyl (C=O) groups excluding carboxylic acids is 1. The summed E-state index contributed by atoms with van der Waals surface area (Å²) in [5.74, 6) is 0.435.